The van der Waals surface area contributed by atoms with Gasteiger partial charge in [0, 0.05) is 31.7 Å². The van der Waals surface area contributed by atoms with Crippen LogP contribution in [0.15, 0.2) is 48.5 Å². The molecule has 1 fully saturated rings. The number of methoxy groups -OCH3 is 1. The van der Waals surface area contributed by atoms with E-state index in [9.17, 15) is 8.78 Å². The van der Waals surface area contributed by atoms with Gasteiger partial charge >= 0.3 is 6.61 Å². The van der Waals surface area contributed by atoms with E-state index in [1.54, 1.807) is 25.3 Å². The third-order valence-electron chi connectivity index (χ3n) is 4.36. The summed E-state index contributed by atoms with van der Waals surface area (Å²) in [6.45, 7) is 0.413. The molecule has 1 N–H and O–H groups in total. The summed E-state index contributed by atoms with van der Waals surface area (Å²) in [6.07, 6.45) is 0. The van der Waals surface area contributed by atoms with E-state index < -0.39 is 6.61 Å². The topological polar surface area (TPSA) is 33.7 Å². The second-order valence-corrected chi connectivity index (χ2v) is 5.96. The molecule has 1 heterocycles. The number of ether oxygens (including phenoxy) is 2. The van der Waals surface area contributed by atoms with Crippen LogP contribution in [0.1, 0.15) is 17.2 Å². The first-order chi connectivity index (χ1) is 12.2. The molecule has 2 aromatic carbocycles. The standard InChI is InChI=1S/C19H22F2N2O2/c1-24-18-8-3-2-7-16(18)17-12-22-9-10-23(17)13-14-5-4-6-15(11-14)25-19(20)21/h2-8,11,17,19,22H,9-10,12-13H2,1H3. The molecule has 0 aromatic heterocycles. The maximum Gasteiger partial charge on any atom is 0.387 e. The summed E-state index contributed by atoms with van der Waals surface area (Å²) < 4.78 is 34.9. The van der Waals surface area contributed by atoms with Crippen molar-refractivity contribution in [3.05, 3.63) is 59.7 Å². The van der Waals surface area contributed by atoms with Gasteiger partial charge in [-0.1, -0.05) is 30.3 Å². The third-order valence-corrected chi connectivity index (χ3v) is 4.36. The zero-order valence-electron chi connectivity index (χ0n) is 14.1. The number of hydrogen-bond acceptors (Lipinski definition) is 4. The van der Waals surface area contributed by atoms with Gasteiger partial charge in [-0.3, -0.25) is 4.90 Å². The van der Waals surface area contributed by atoms with Gasteiger partial charge in [0.25, 0.3) is 0 Å². The van der Waals surface area contributed by atoms with Crippen molar-refractivity contribution in [2.45, 2.75) is 19.2 Å². The number of rotatable bonds is 6. The molecule has 134 valence electrons. The van der Waals surface area contributed by atoms with Gasteiger partial charge in [-0.15, -0.1) is 0 Å². The molecular weight excluding hydrogens is 326 g/mol. The van der Waals surface area contributed by atoms with Crippen molar-refractivity contribution in [2.75, 3.05) is 26.7 Å². The minimum Gasteiger partial charge on any atom is -0.496 e. The fourth-order valence-corrected chi connectivity index (χ4v) is 3.24. The predicted octanol–water partition coefficient (Wildman–Crippen LogP) is 3.44. The van der Waals surface area contributed by atoms with Crippen molar-refractivity contribution in [3.8, 4) is 11.5 Å². The number of nitrogens with one attached hydrogen (secondary N) is 1. The molecule has 2 aromatic rings. The molecule has 0 saturated carbocycles. The molecule has 1 saturated heterocycles. The van der Waals surface area contributed by atoms with Crippen LogP contribution in [-0.4, -0.2) is 38.3 Å². The Morgan fingerprint density at radius 2 is 2.04 bits per heavy atom. The number of nitrogens with zero attached hydrogens (tertiary/aromatic N) is 1. The zero-order chi connectivity index (χ0) is 17.6. The van der Waals surface area contributed by atoms with E-state index in [4.69, 9.17) is 4.74 Å². The normalized spacial score (nSPS) is 18.3. The van der Waals surface area contributed by atoms with E-state index in [1.807, 2.05) is 24.3 Å². The van der Waals surface area contributed by atoms with Crippen LogP contribution in [0.2, 0.25) is 0 Å². The fourth-order valence-electron chi connectivity index (χ4n) is 3.24. The molecule has 1 aliphatic heterocycles. The lowest BCUT2D eigenvalue weighted by Gasteiger charge is -2.37. The van der Waals surface area contributed by atoms with Crippen molar-refractivity contribution < 1.29 is 18.3 Å². The molecule has 25 heavy (non-hydrogen) atoms. The molecule has 6 heteroatoms. The molecule has 0 bridgehead atoms. The van der Waals surface area contributed by atoms with Crippen LogP contribution < -0.4 is 14.8 Å². The van der Waals surface area contributed by atoms with Crippen molar-refractivity contribution in [2.24, 2.45) is 0 Å². The lowest BCUT2D eigenvalue weighted by Crippen LogP contribution is -2.45. The van der Waals surface area contributed by atoms with Gasteiger partial charge in [-0.05, 0) is 23.8 Å². The van der Waals surface area contributed by atoms with E-state index in [0.29, 0.717) is 6.54 Å². The van der Waals surface area contributed by atoms with Crippen LogP contribution in [0.4, 0.5) is 8.78 Å². The first kappa shape index (κ1) is 17.6. The van der Waals surface area contributed by atoms with Crippen molar-refractivity contribution in [3.63, 3.8) is 0 Å². The van der Waals surface area contributed by atoms with Crippen LogP contribution in [0.25, 0.3) is 0 Å². The summed E-state index contributed by atoms with van der Waals surface area (Å²) in [5.41, 5.74) is 2.07. The minimum absolute atomic E-state index is 0.157. The predicted molar refractivity (Wildman–Crippen MR) is 92.1 cm³/mol. The Labute approximate surface area is 146 Å². The number of hydrogen-bond donors (Lipinski definition) is 1. The highest BCUT2D eigenvalue weighted by atomic mass is 19.3. The van der Waals surface area contributed by atoms with Crippen LogP contribution in [-0.2, 0) is 6.54 Å². The fraction of sp³-hybridized carbons (Fsp3) is 0.368. The Morgan fingerprint density at radius 1 is 1.20 bits per heavy atom. The van der Waals surface area contributed by atoms with E-state index in [2.05, 4.69) is 21.0 Å². The maximum absolute atomic E-state index is 12.4. The Morgan fingerprint density at radius 3 is 2.84 bits per heavy atom. The average molecular weight is 348 g/mol. The first-order valence-electron chi connectivity index (χ1n) is 8.29. The van der Waals surface area contributed by atoms with Crippen LogP contribution in [0, 0.1) is 0 Å². The Kier molecular flexibility index (Phi) is 5.83. The number of para-hydroxylation sites is 1. The number of piperazine rings is 1. The molecule has 0 spiro atoms. The third kappa shape index (κ3) is 4.46. The lowest BCUT2D eigenvalue weighted by atomic mass is 10.0. The average Bonchev–Trinajstić information content (AvgIpc) is 2.62. The van der Waals surface area contributed by atoms with Gasteiger partial charge in [0.05, 0.1) is 13.2 Å². The highest BCUT2D eigenvalue weighted by molar-refractivity contribution is 5.37. The summed E-state index contributed by atoms with van der Waals surface area (Å²) in [5, 5.41) is 3.42. The second kappa shape index (κ2) is 8.27. The highest BCUT2D eigenvalue weighted by Gasteiger charge is 2.26. The van der Waals surface area contributed by atoms with Crippen LogP contribution >= 0.6 is 0 Å². The van der Waals surface area contributed by atoms with Crippen molar-refractivity contribution in [1.29, 1.82) is 0 Å². The molecule has 4 nitrogen and oxygen atoms in total. The lowest BCUT2D eigenvalue weighted by molar-refractivity contribution is -0.0499. The summed E-state index contributed by atoms with van der Waals surface area (Å²) in [6, 6.07) is 15.0. The Balaban J connectivity index is 1.80. The van der Waals surface area contributed by atoms with Gasteiger partial charge < -0.3 is 14.8 Å². The second-order valence-electron chi connectivity index (χ2n) is 5.96. The quantitative estimate of drug-likeness (QED) is 0.867. The van der Waals surface area contributed by atoms with Crippen molar-refractivity contribution in [1.82, 2.24) is 10.2 Å². The number of benzene rings is 2. The van der Waals surface area contributed by atoms with Crippen molar-refractivity contribution >= 4 is 0 Å². The van der Waals surface area contributed by atoms with Gasteiger partial charge in [-0.25, -0.2) is 0 Å². The van der Waals surface area contributed by atoms with Gasteiger partial charge in [0.1, 0.15) is 11.5 Å². The zero-order valence-corrected chi connectivity index (χ0v) is 14.1. The maximum atomic E-state index is 12.4. The molecule has 0 amide bonds. The molecule has 0 radical (unpaired) electrons. The summed E-state index contributed by atoms with van der Waals surface area (Å²) in [4.78, 5) is 2.33. The minimum atomic E-state index is -2.81. The SMILES string of the molecule is COc1ccccc1C1CNCCN1Cc1cccc(OC(F)F)c1. The van der Waals surface area contributed by atoms with E-state index in [1.165, 1.54) is 0 Å². The van der Waals surface area contributed by atoms with Crippen LogP contribution in [0.3, 0.4) is 0 Å². The van der Waals surface area contributed by atoms with Gasteiger partial charge in [0.2, 0.25) is 0 Å². The first-order valence-corrected chi connectivity index (χ1v) is 8.29. The van der Waals surface area contributed by atoms with E-state index in [-0.39, 0.29) is 11.8 Å². The Bertz CT molecular complexity index is 697. The smallest absolute Gasteiger partial charge is 0.387 e. The van der Waals surface area contributed by atoms with Gasteiger partial charge in [-0.2, -0.15) is 8.78 Å². The molecule has 1 atom stereocenters. The summed E-state index contributed by atoms with van der Waals surface area (Å²) in [7, 11) is 1.67. The molecule has 3 rings (SSSR count). The van der Waals surface area contributed by atoms with Crippen LogP contribution in [0.5, 0.6) is 11.5 Å². The molecule has 1 unspecified atom stereocenters. The number of alkyl halides is 2. The summed E-state index contributed by atoms with van der Waals surface area (Å²) in [5.74, 6) is 1.05. The highest BCUT2D eigenvalue weighted by Crippen LogP contribution is 2.31. The monoisotopic (exact) mass is 348 g/mol. The number of halogens is 2. The Hall–Kier alpha value is -2.18. The molecule has 0 aliphatic carbocycles. The summed E-state index contributed by atoms with van der Waals surface area (Å²) >= 11 is 0. The largest absolute Gasteiger partial charge is 0.496 e. The van der Waals surface area contributed by atoms with E-state index in [0.717, 1.165) is 36.5 Å². The molecule has 1 aliphatic rings. The van der Waals surface area contributed by atoms with E-state index >= 15 is 0 Å². The molecular formula is C19H22F2N2O2. The van der Waals surface area contributed by atoms with Gasteiger partial charge in [0.15, 0.2) is 0 Å².